The van der Waals surface area contributed by atoms with Crippen molar-refractivity contribution in [3.05, 3.63) is 0 Å². The minimum absolute atomic E-state index is 0.328. The number of hydrogen-bond acceptors (Lipinski definition) is 4. The molecule has 0 aliphatic carbocycles. The molecule has 4 nitrogen and oxygen atoms in total. The number of hydrogen-bond donors (Lipinski definition) is 0. The van der Waals surface area contributed by atoms with Crippen LogP contribution >= 0.6 is 7.82 Å². The van der Waals surface area contributed by atoms with Gasteiger partial charge in [-0.1, -0.05) is 0 Å². The number of fused-ring (bicyclic) bond motifs is 1. The molecule has 0 N–H and O–H groups in total. The molecule has 3 aliphatic rings. The zero-order valence-corrected chi connectivity index (χ0v) is 4.26. The first kappa shape index (κ1) is 4.09. The summed E-state index contributed by atoms with van der Waals surface area (Å²) >= 11 is 0. The minimum Gasteiger partial charge on any atom is -0.316 e. The van der Waals surface area contributed by atoms with Gasteiger partial charge in [0.25, 0.3) is 0 Å². The Morgan fingerprint density at radius 1 is 1.57 bits per heavy atom. The van der Waals surface area contributed by atoms with Crippen molar-refractivity contribution in [3.8, 4) is 0 Å². The van der Waals surface area contributed by atoms with E-state index in [9.17, 15) is 4.57 Å². The van der Waals surface area contributed by atoms with Crippen LogP contribution in [0.4, 0.5) is 0 Å². The van der Waals surface area contributed by atoms with Crippen LogP contribution in [0.5, 0.6) is 0 Å². The van der Waals surface area contributed by atoms with Gasteiger partial charge in [0.15, 0.2) is 0 Å². The van der Waals surface area contributed by atoms with Gasteiger partial charge in [0.2, 0.25) is 0 Å². The van der Waals surface area contributed by atoms with Crippen LogP contribution in [0.25, 0.3) is 0 Å². The lowest BCUT2D eigenvalue weighted by Crippen LogP contribution is -2.23. The lowest BCUT2D eigenvalue weighted by Gasteiger charge is -2.17. The Kier molecular flexibility index (Phi) is 0.557. The zero-order chi connectivity index (χ0) is 4.91. The molecule has 3 aliphatic heterocycles. The van der Waals surface area contributed by atoms with Gasteiger partial charge in [0, 0.05) is 0 Å². The van der Waals surface area contributed by atoms with Crippen molar-refractivity contribution in [1.82, 2.24) is 0 Å². The molecule has 38 valence electrons. The van der Waals surface area contributed by atoms with E-state index in [1.165, 1.54) is 0 Å². The summed E-state index contributed by atoms with van der Waals surface area (Å²) in [5.74, 6) is 0. The van der Waals surface area contributed by atoms with Crippen LogP contribution < -0.4 is 0 Å². The molecule has 3 heterocycles. The van der Waals surface area contributed by atoms with Crippen LogP contribution in [0.3, 0.4) is 0 Å². The fourth-order valence-corrected chi connectivity index (χ4v) is 1.71. The van der Waals surface area contributed by atoms with Crippen LogP contribution in [0.1, 0.15) is 0 Å². The van der Waals surface area contributed by atoms with Crippen molar-refractivity contribution in [1.29, 1.82) is 0 Å². The summed E-state index contributed by atoms with van der Waals surface area (Å²) in [6.45, 7) is 0.331. The molecule has 0 aromatic carbocycles. The van der Waals surface area contributed by atoms with E-state index in [1.807, 2.05) is 0 Å². The minimum atomic E-state index is -2.90. The summed E-state index contributed by atoms with van der Waals surface area (Å²) in [6, 6.07) is 0. The highest BCUT2D eigenvalue weighted by molar-refractivity contribution is 7.55. The maximum atomic E-state index is 10.4. The topological polar surface area (TPSA) is 44.8 Å². The Hall–Kier alpha value is 0.175. The molecule has 0 amide bonds. The molecule has 0 aromatic heterocycles. The molecule has 0 aromatic rings. The SMILES string of the molecule is O=P12OCB(O1)O2. The van der Waals surface area contributed by atoms with E-state index in [4.69, 9.17) is 0 Å². The largest absolute Gasteiger partial charge is 0.502 e. The Morgan fingerprint density at radius 3 is 2.43 bits per heavy atom. The van der Waals surface area contributed by atoms with Gasteiger partial charge in [-0.15, -0.1) is 0 Å². The Morgan fingerprint density at radius 2 is 2.29 bits per heavy atom. The van der Waals surface area contributed by atoms with Crippen molar-refractivity contribution in [2.24, 2.45) is 0 Å². The Labute approximate surface area is 40.5 Å². The summed E-state index contributed by atoms with van der Waals surface area (Å²) < 4.78 is 24.0. The molecule has 7 heavy (non-hydrogen) atoms. The molecule has 0 saturated carbocycles. The lowest BCUT2D eigenvalue weighted by molar-refractivity contribution is 0.245. The molecule has 3 saturated heterocycles. The third kappa shape index (κ3) is 0.411. The van der Waals surface area contributed by atoms with Crippen LogP contribution in [0, 0.1) is 0 Å². The Bertz CT molecular complexity index is 126. The highest BCUT2D eigenvalue weighted by Gasteiger charge is 2.56. The van der Waals surface area contributed by atoms with Crippen LogP contribution in [-0.4, -0.2) is 13.6 Å². The van der Waals surface area contributed by atoms with E-state index in [2.05, 4.69) is 13.4 Å². The van der Waals surface area contributed by atoms with Gasteiger partial charge in [-0.25, -0.2) is 4.57 Å². The molecule has 3 rings (SSSR count). The van der Waals surface area contributed by atoms with Gasteiger partial charge in [-0.05, 0) is 0 Å². The quantitative estimate of drug-likeness (QED) is 0.338. The highest BCUT2D eigenvalue weighted by atomic mass is 31.2. The highest BCUT2D eigenvalue weighted by Crippen LogP contribution is 2.64. The van der Waals surface area contributed by atoms with E-state index in [0.29, 0.717) is 6.51 Å². The molecule has 2 bridgehead atoms. The van der Waals surface area contributed by atoms with E-state index in [-0.39, 0.29) is 7.12 Å². The van der Waals surface area contributed by atoms with Gasteiger partial charge in [0.05, 0.1) is 6.51 Å². The fourth-order valence-electron chi connectivity index (χ4n) is 0.570. The van der Waals surface area contributed by atoms with Crippen LogP contribution in [0.15, 0.2) is 0 Å². The van der Waals surface area contributed by atoms with Gasteiger partial charge in [0.1, 0.15) is 0 Å². The third-order valence-electron chi connectivity index (χ3n) is 0.862. The van der Waals surface area contributed by atoms with E-state index >= 15 is 0 Å². The van der Waals surface area contributed by atoms with Gasteiger partial charge in [-0.2, -0.15) is 0 Å². The summed E-state index contributed by atoms with van der Waals surface area (Å²) in [4.78, 5) is 0. The molecular formula is CH2BO4P. The second kappa shape index (κ2) is 0.953. The summed E-state index contributed by atoms with van der Waals surface area (Å²) in [5.41, 5.74) is 0. The maximum absolute atomic E-state index is 10.4. The first-order valence-electron chi connectivity index (χ1n) is 1.90. The maximum Gasteiger partial charge on any atom is 0.502 e. The fraction of sp³-hybridized carbons (Fsp3) is 1.00. The van der Waals surface area contributed by atoms with Crippen molar-refractivity contribution in [3.63, 3.8) is 0 Å². The predicted octanol–water partition coefficient (Wildman–Crippen LogP) is 0.199. The molecular weight excluding hydrogens is 118 g/mol. The molecule has 0 radical (unpaired) electrons. The van der Waals surface area contributed by atoms with E-state index < -0.39 is 7.82 Å². The third-order valence-corrected chi connectivity index (χ3v) is 2.31. The number of rotatable bonds is 0. The number of phosphoric acid groups is 1. The molecule has 6 heteroatoms. The Balaban J connectivity index is 2.35. The zero-order valence-electron chi connectivity index (χ0n) is 3.36. The first-order valence-corrected chi connectivity index (χ1v) is 3.36. The standard InChI is InChI=1S/CH2BO4P/c3-7-4-1-2(5-7)6-7/h1H2. The molecule has 3 fully saturated rings. The molecule has 0 unspecified atom stereocenters. The smallest absolute Gasteiger partial charge is 0.316 e. The van der Waals surface area contributed by atoms with Gasteiger partial charge in [-0.3, -0.25) is 4.52 Å². The van der Waals surface area contributed by atoms with Gasteiger partial charge >= 0.3 is 14.9 Å². The van der Waals surface area contributed by atoms with Crippen LogP contribution in [0.2, 0.25) is 0 Å². The molecule has 0 atom stereocenters. The van der Waals surface area contributed by atoms with Crippen molar-refractivity contribution in [2.75, 3.05) is 6.51 Å². The normalized spacial score (nSPS) is 32.9. The summed E-state index contributed by atoms with van der Waals surface area (Å²) in [5, 5.41) is 0. The summed E-state index contributed by atoms with van der Waals surface area (Å²) in [7, 11) is -3.23. The van der Waals surface area contributed by atoms with Crippen molar-refractivity contribution >= 4 is 14.9 Å². The van der Waals surface area contributed by atoms with E-state index in [1.54, 1.807) is 0 Å². The van der Waals surface area contributed by atoms with Crippen molar-refractivity contribution in [2.45, 2.75) is 0 Å². The van der Waals surface area contributed by atoms with Crippen molar-refractivity contribution < 1.29 is 18.0 Å². The average molecular weight is 120 g/mol. The average Bonchev–Trinajstić information content (AvgIpc) is 1.88. The van der Waals surface area contributed by atoms with Gasteiger partial charge < -0.3 is 8.88 Å². The van der Waals surface area contributed by atoms with Crippen LogP contribution in [-0.2, 0) is 18.0 Å². The second-order valence-corrected chi connectivity index (χ2v) is 2.96. The monoisotopic (exact) mass is 120 g/mol. The first-order chi connectivity index (χ1) is 3.29. The second-order valence-electron chi connectivity index (χ2n) is 1.38. The summed E-state index contributed by atoms with van der Waals surface area (Å²) in [6.07, 6.45) is 0. The predicted molar refractivity (Wildman–Crippen MR) is 21.5 cm³/mol. The molecule has 0 spiro atoms. The lowest BCUT2D eigenvalue weighted by atomic mass is 9.95. The van der Waals surface area contributed by atoms with E-state index in [0.717, 1.165) is 0 Å².